The Morgan fingerprint density at radius 1 is 0.897 bits per heavy atom. The van der Waals surface area contributed by atoms with E-state index in [9.17, 15) is 5.11 Å². The molecule has 0 fully saturated rings. The van der Waals surface area contributed by atoms with Gasteiger partial charge in [0.1, 0.15) is 11.4 Å². The van der Waals surface area contributed by atoms with E-state index in [4.69, 9.17) is 9.47 Å². The van der Waals surface area contributed by atoms with Crippen LogP contribution < -0.4 is 14.4 Å². The first-order valence-corrected chi connectivity index (χ1v) is 9.41. The Hall–Kier alpha value is -4.10. The fourth-order valence-electron chi connectivity index (χ4n) is 3.94. The number of para-hydroxylation sites is 4. The maximum absolute atomic E-state index is 10.9. The van der Waals surface area contributed by atoms with E-state index >= 15 is 0 Å². The van der Waals surface area contributed by atoms with Gasteiger partial charge in [-0.2, -0.15) is 0 Å². The molecular formula is C25H15NO3. The van der Waals surface area contributed by atoms with Crippen LogP contribution in [0.15, 0.2) is 72.8 Å². The van der Waals surface area contributed by atoms with Gasteiger partial charge in [0.05, 0.1) is 16.9 Å². The molecule has 1 aliphatic carbocycles. The smallest absolute Gasteiger partial charge is 0.167 e. The van der Waals surface area contributed by atoms with Crippen molar-refractivity contribution in [1.82, 2.24) is 0 Å². The summed E-state index contributed by atoms with van der Waals surface area (Å²) < 4.78 is 12.5. The van der Waals surface area contributed by atoms with Crippen LogP contribution >= 0.6 is 0 Å². The minimum absolute atomic E-state index is 0.0771. The Morgan fingerprint density at radius 3 is 2.41 bits per heavy atom. The highest BCUT2D eigenvalue weighted by atomic mass is 16.5. The number of aromatic hydroxyl groups is 1. The molecule has 0 atom stereocenters. The van der Waals surface area contributed by atoms with Gasteiger partial charge in [0.25, 0.3) is 0 Å². The average Bonchev–Trinajstić information content (AvgIpc) is 3.02. The van der Waals surface area contributed by atoms with Crippen LogP contribution in [0.2, 0.25) is 0 Å². The third-order valence-electron chi connectivity index (χ3n) is 5.18. The number of rotatable bonds is 1. The van der Waals surface area contributed by atoms with Crippen molar-refractivity contribution in [2.45, 2.75) is 6.42 Å². The zero-order valence-electron chi connectivity index (χ0n) is 15.3. The van der Waals surface area contributed by atoms with E-state index in [0.29, 0.717) is 34.8 Å². The molecule has 4 nitrogen and oxygen atoms in total. The summed E-state index contributed by atoms with van der Waals surface area (Å²) in [6, 6.07) is 17.4. The molecule has 2 heterocycles. The van der Waals surface area contributed by atoms with Gasteiger partial charge >= 0.3 is 0 Å². The molecule has 0 bridgehead atoms. The summed E-state index contributed by atoms with van der Waals surface area (Å²) in [5.41, 5.74) is 3.91. The van der Waals surface area contributed by atoms with E-state index < -0.39 is 0 Å². The molecule has 2 aliphatic heterocycles. The molecule has 3 aromatic carbocycles. The van der Waals surface area contributed by atoms with Gasteiger partial charge in [-0.1, -0.05) is 48.3 Å². The summed E-state index contributed by atoms with van der Waals surface area (Å²) >= 11 is 0. The van der Waals surface area contributed by atoms with Gasteiger partial charge in [-0.05, 0) is 30.3 Å². The second-order valence-corrected chi connectivity index (χ2v) is 6.94. The van der Waals surface area contributed by atoms with E-state index in [2.05, 4.69) is 16.7 Å². The lowest BCUT2D eigenvalue weighted by Crippen LogP contribution is -2.20. The first-order chi connectivity index (χ1) is 14.3. The van der Waals surface area contributed by atoms with Crippen molar-refractivity contribution in [2.24, 2.45) is 0 Å². The van der Waals surface area contributed by atoms with E-state index in [-0.39, 0.29) is 5.75 Å². The van der Waals surface area contributed by atoms with E-state index in [0.717, 1.165) is 22.8 Å². The summed E-state index contributed by atoms with van der Waals surface area (Å²) in [6.45, 7) is 0. The summed E-state index contributed by atoms with van der Waals surface area (Å²) in [4.78, 5) is 2.13. The molecule has 1 N–H and O–H groups in total. The Morgan fingerprint density at radius 2 is 1.62 bits per heavy atom. The molecule has 0 saturated heterocycles. The van der Waals surface area contributed by atoms with Crippen LogP contribution in [0.25, 0.3) is 5.57 Å². The predicted octanol–water partition coefficient (Wildman–Crippen LogP) is 6.42. The van der Waals surface area contributed by atoms with E-state index in [1.165, 1.54) is 0 Å². The maximum atomic E-state index is 10.9. The SMILES string of the molecule is Oc1cc2c3c(c1C1=CC=CCC#C1)Oc1ccccc1N3c1ccccc1O2. The Kier molecular flexibility index (Phi) is 3.26. The Bertz CT molecular complexity index is 1300. The minimum atomic E-state index is 0.0771. The second kappa shape index (κ2) is 5.95. The van der Waals surface area contributed by atoms with Crippen molar-refractivity contribution < 1.29 is 14.6 Å². The average molecular weight is 377 g/mol. The summed E-state index contributed by atoms with van der Waals surface area (Å²) in [5, 5.41) is 10.9. The predicted molar refractivity (Wildman–Crippen MR) is 112 cm³/mol. The van der Waals surface area contributed by atoms with Crippen molar-refractivity contribution in [2.75, 3.05) is 4.90 Å². The summed E-state index contributed by atoms with van der Waals surface area (Å²) in [6.07, 6.45) is 6.51. The van der Waals surface area contributed by atoms with Crippen molar-refractivity contribution >= 4 is 22.6 Å². The van der Waals surface area contributed by atoms with Gasteiger partial charge < -0.3 is 14.6 Å². The normalized spacial score (nSPS) is 14.8. The van der Waals surface area contributed by atoms with Crippen LogP contribution in [0, 0.1) is 11.8 Å². The lowest BCUT2D eigenvalue weighted by atomic mass is 9.98. The molecule has 0 spiro atoms. The number of nitrogens with zero attached hydrogens (tertiary/aromatic N) is 1. The van der Waals surface area contributed by atoms with E-state index in [1.807, 2.05) is 66.8 Å². The zero-order valence-corrected chi connectivity index (χ0v) is 15.3. The summed E-state index contributed by atoms with van der Waals surface area (Å²) in [7, 11) is 0. The van der Waals surface area contributed by atoms with Gasteiger partial charge in [0.15, 0.2) is 23.0 Å². The molecular weight excluding hydrogens is 362 g/mol. The Labute approximate surface area is 167 Å². The molecule has 0 unspecified atom stereocenters. The van der Waals surface area contributed by atoms with Crippen LogP contribution in [0.3, 0.4) is 0 Å². The molecule has 3 aliphatic rings. The number of fused-ring (bicyclic) bond motifs is 4. The van der Waals surface area contributed by atoms with Crippen LogP contribution in [0.1, 0.15) is 12.0 Å². The van der Waals surface area contributed by atoms with Crippen LogP contribution in [0.4, 0.5) is 17.1 Å². The van der Waals surface area contributed by atoms with Gasteiger partial charge in [-0.3, -0.25) is 4.90 Å². The number of hydrogen-bond acceptors (Lipinski definition) is 4. The fourth-order valence-corrected chi connectivity index (χ4v) is 3.94. The maximum Gasteiger partial charge on any atom is 0.167 e. The van der Waals surface area contributed by atoms with Crippen LogP contribution in [-0.4, -0.2) is 5.11 Å². The third kappa shape index (κ3) is 2.28. The number of phenols is 1. The molecule has 0 aromatic heterocycles. The largest absolute Gasteiger partial charge is 0.507 e. The Balaban J connectivity index is 1.69. The van der Waals surface area contributed by atoms with Crippen LogP contribution in [0.5, 0.6) is 28.7 Å². The molecule has 0 saturated carbocycles. The quantitative estimate of drug-likeness (QED) is 0.342. The first kappa shape index (κ1) is 15.9. The third-order valence-corrected chi connectivity index (χ3v) is 5.18. The molecule has 6 rings (SSSR count). The monoisotopic (exact) mass is 377 g/mol. The van der Waals surface area contributed by atoms with Crippen molar-refractivity contribution in [3.8, 4) is 40.6 Å². The lowest BCUT2D eigenvalue weighted by molar-refractivity contribution is 0.424. The fraction of sp³-hybridized carbons (Fsp3) is 0.0400. The number of allylic oxidation sites excluding steroid dienone is 4. The standard InChI is InChI=1S/C25H15NO3/c27-19-15-22-24-25(23(19)16-9-3-1-2-4-10-16)29-21-14-8-6-12-18(21)26(24)17-11-5-7-13-20(17)28-22/h1,3,5-9,11-15,27H,2H2. The highest BCUT2D eigenvalue weighted by molar-refractivity contribution is 5.99. The van der Waals surface area contributed by atoms with Crippen LogP contribution in [-0.2, 0) is 0 Å². The number of ether oxygens (including phenoxy) is 2. The summed E-state index contributed by atoms with van der Waals surface area (Å²) in [5.74, 6) is 8.87. The highest BCUT2D eigenvalue weighted by Gasteiger charge is 2.37. The lowest BCUT2D eigenvalue weighted by Gasteiger charge is -2.38. The highest BCUT2D eigenvalue weighted by Crippen LogP contribution is 2.62. The van der Waals surface area contributed by atoms with Crippen molar-refractivity contribution in [3.05, 3.63) is 78.4 Å². The second-order valence-electron chi connectivity index (χ2n) is 6.94. The van der Waals surface area contributed by atoms with Crippen molar-refractivity contribution in [1.29, 1.82) is 0 Å². The number of anilines is 3. The number of hydrogen-bond donors (Lipinski definition) is 1. The molecule has 4 heteroatoms. The molecule has 29 heavy (non-hydrogen) atoms. The minimum Gasteiger partial charge on any atom is -0.507 e. The van der Waals surface area contributed by atoms with Gasteiger partial charge in [-0.25, -0.2) is 0 Å². The van der Waals surface area contributed by atoms with Gasteiger partial charge in [0, 0.05) is 18.1 Å². The van der Waals surface area contributed by atoms with Gasteiger partial charge in [0.2, 0.25) is 0 Å². The molecule has 3 aromatic rings. The zero-order chi connectivity index (χ0) is 19.4. The first-order valence-electron chi connectivity index (χ1n) is 9.41. The molecule has 138 valence electrons. The van der Waals surface area contributed by atoms with Gasteiger partial charge in [-0.15, -0.1) is 0 Å². The molecule has 0 radical (unpaired) electrons. The molecule has 0 amide bonds. The topological polar surface area (TPSA) is 41.9 Å². The number of phenolic OH excluding ortho intramolecular Hbond substituents is 1. The number of benzene rings is 3. The van der Waals surface area contributed by atoms with Crippen molar-refractivity contribution in [3.63, 3.8) is 0 Å². The van der Waals surface area contributed by atoms with E-state index in [1.54, 1.807) is 6.07 Å².